The predicted molar refractivity (Wildman–Crippen MR) is 71.9 cm³/mol. The molecule has 1 fully saturated rings. The average molecular weight is 271 g/mol. The molecule has 0 radical (unpaired) electrons. The highest BCUT2D eigenvalue weighted by molar-refractivity contribution is 5.71. The van der Waals surface area contributed by atoms with Gasteiger partial charge in [-0.15, -0.1) is 0 Å². The van der Waals surface area contributed by atoms with E-state index in [9.17, 15) is 14.7 Å². The third-order valence-electron chi connectivity index (χ3n) is 3.44. The van der Waals surface area contributed by atoms with Crippen molar-refractivity contribution in [2.45, 2.75) is 52.6 Å². The molecule has 0 aliphatic carbocycles. The summed E-state index contributed by atoms with van der Waals surface area (Å²) in [5.41, 5.74) is -0.513. The van der Waals surface area contributed by atoms with Crippen molar-refractivity contribution >= 4 is 12.1 Å². The maximum Gasteiger partial charge on any atom is 0.410 e. The van der Waals surface area contributed by atoms with Gasteiger partial charge in [-0.1, -0.05) is 6.92 Å². The van der Waals surface area contributed by atoms with Crippen LogP contribution in [0.1, 0.15) is 47.0 Å². The number of carboxylic acids is 1. The van der Waals surface area contributed by atoms with E-state index in [4.69, 9.17) is 4.74 Å². The molecule has 1 saturated heterocycles. The smallest absolute Gasteiger partial charge is 0.410 e. The van der Waals surface area contributed by atoms with Gasteiger partial charge in [0.25, 0.3) is 0 Å². The van der Waals surface area contributed by atoms with E-state index in [1.54, 1.807) is 4.90 Å². The van der Waals surface area contributed by atoms with Gasteiger partial charge in [0.15, 0.2) is 0 Å². The molecule has 0 saturated carbocycles. The summed E-state index contributed by atoms with van der Waals surface area (Å²) in [5.74, 6) is -1.10. The molecule has 1 N–H and O–H groups in total. The minimum atomic E-state index is -0.765. The van der Waals surface area contributed by atoms with Crippen LogP contribution in [0.15, 0.2) is 0 Å². The number of aliphatic carboxylic acids is 1. The SMILES string of the molecule is CC[C@H](C(=O)O)C1CCCN(C(=O)OC(C)(C)C)C1. The van der Waals surface area contributed by atoms with E-state index >= 15 is 0 Å². The fraction of sp³-hybridized carbons (Fsp3) is 0.857. The molecule has 5 nitrogen and oxygen atoms in total. The molecule has 5 heteroatoms. The molecule has 0 aromatic heterocycles. The Labute approximate surface area is 114 Å². The van der Waals surface area contributed by atoms with Crippen LogP contribution in [0.4, 0.5) is 4.79 Å². The van der Waals surface area contributed by atoms with Crippen LogP contribution in [0.2, 0.25) is 0 Å². The van der Waals surface area contributed by atoms with Crippen molar-refractivity contribution in [1.82, 2.24) is 4.90 Å². The zero-order chi connectivity index (χ0) is 14.6. The Bertz CT molecular complexity index is 335. The second-order valence-electron chi connectivity index (χ2n) is 6.18. The zero-order valence-corrected chi connectivity index (χ0v) is 12.3. The number of hydrogen-bond donors (Lipinski definition) is 1. The fourth-order valence-electron chi connectivity index (χ4n) is 2.54. The number of carboxylic acid groups (broad SMARTS) is 1. The Morgan fingerprint density at radius 3 is 2.53 bits per heavy atom. The number of nitrogens with zero attached hydrogens (tertiary/aromatic N) is 1. The number of likely N-dealkylation sites (tertiary alicyclic amines) is 1. The van der Waals surface area contributed by atoms with E-state index in [2.05, 4.69) is 0 Å². The number of carbonyl (C=O) groups excluding carboxylic acids is 1. The summed E-state index contributed by atoms with van der Waals surface area (Å²) < 4.78 is 5.34. The molecule has 0 aromatic rings. The number of amides is 1. The van der Waals surface area contributed by atoms with E-state index in [1.807, 2.05) is 27.7 Å². The van der Waals surface area contributed by atoms with Crippen LogP contribution in [-0.2, 0) is 9.53 Å². The Kier molecular flexibility index (Phi) is 5.20. The van der Waals surface area contributed by atoms with Crippen LogP contribution in [-0.4, -0.2) is 40.8 Å². The van der Waals surface area contributed by atoms with E-state index in [-0.39, 0.29) is 17.9 Å². The number of ether oxygens (including phenoxy) is 1. The summed E-state index contributed by atoms with van der Waals surface area (Å²) in [6, 6.07) is 0. The van der Waals surface area contributed by atoms with E-state index in [0.717, 1.165) is 12.8 Å². The van der Waals surface area contributed by atoms with Crippen molar-refractivity contribution in [3.8, 4) is 0 Å². The van der Waals surface area contributed by atoms with E-state index < -0.39 is 11.6 Å². The van der Waals surface area contributed by atoms with Gasteiger partial charge in [0.1, 0.15) is 5.60 Å². The van der Waals surface area contributed by atoms with Gasteiger partial charge in [-0.2, -0.15) is 0 Å². The second-order valence-corrected chi connectivity index (χ2v) is 6.18. The quantitative estimate of drug-likeness (QED) is 0.857. The lowest BCUT2D eigenvalue weighted by atomic mass is 9.84. The summed E-state index contributed by atoms with van der Waals surface area (Å²) in [5, 5.41) is 9.20. The Morgan fingerprint density at radius 2 is 2.05 bits per heavy atom. The molecule has 0 aromatic carbocycles. The lowest BCUT2D eigenvalue weighted by molar-refractivity contribution is -0.144. The highest BCUT2D eigenvalue weighted by Gasteiger charge is 2.33. The van der Waals surface area contributed by atoms with Crippen LogP contribution >= 0.6 is 0 Å². The molecular weight excluding hydrogens is 246 g/mol. The predicted octanol–water partition coefficient (Wildman–Crippen LogP) is 2.74. The summed E-state index contributed by atoms with van der Waals surface area (Å²) in [7, 11) is 0. The van der Waals surface area contributed by atoms with Crippen LogP contribution in [0.25, 0.3) is 0 Å². The first-order valence-electron chi connectivity index (χ1n) is 6.95. The largest absolute Gasteiger partial charge is 0.481 e. The van der Waals surface area contributed by atoms with Gasteiger partial charge in [0.2, 0.25) is 0 Å². The van der Waals surface area contributed by atoms with Crippen molar-refractivity contribution < 1.29 is 19.4 Å². The molecule has 0 bridgehead atoms. The van der Waals surface area contributed by atoms with E-state index in [0.29, 0.717) is 19.5 Å². The minimum absolute atomic E-state index is 0.0313. The molecule has 1 aliphatic rings. The monoisotopic (exact) mass is 271 g/mol. The van der Waals surface area contributed by atoms with Gasteiger partial charge >= 0.3 is 12.1 Å². The highest BCUT2D eigenvalue weighted by atomic mass is 16.6. The minimum Gasteiger partial charge on any atom is -0.481 e. The first-order valence-corrected chi connectivity index (χ1v) is 6.95. The zero-order valence-electron chi connectivity index (χ0n) is 12.3. The first kappa shape index (κ1) is 15.8. The molecule has 1 unspecified atom stereocenters. The fourth-order valence-corrected chi connectivity index (χ4v) is 2.54. The Morgan fingerprint density at radius 1 is 1.42 bits per heavy atom. The van der Waals surface area contributed by atoms with E-state index in [1.165, 1.54) is 0 Å². The number of carbonyl (C=O) groups is 2. The maximum absolute atomic E-state index is 12.0. The van der Waals surface area contributed by atoms with Crippen LogP contribution in [0, 0.1) is 11.8 Å². The summed E-state index contributed by atoms with van der Waals surface area (Å²) in [6.45, 7) is 8.52. The summed E-state index contributed by atoms with van der Waals surface area (Å²) in [4.78, 5) is 24.8. The molecule has 1 rings (SSSR count). The van der Waals surface area contributed by atoms with Gasteiger partial charge in [-0.05, 0) is 46.0 Å². The molecule has 19 heavy (non-hydrogen) atoms. The van der Waals surface area contributed by atoms with Gasteiger partial charge in [0, 0.05) is 13.1 Å². The first-order chi connectivity index (χ1) is 8.74. The number of rotatable bonds is 3. The van der Waals surface area contributed by atoms with Crippen molar-refractivity contribution in [3.05, 3.63) is 0 Å². The van der Waals surface area contributed by atoms with Crippen LogP contribution < -0.4 is 0 Å². The number of piperidine rings is 1. The van der Waals surface area contributed by atoms with Crippen molar-refractivity contribution in [2.75, 3.05) is 13.1 Å². The van der Waals surface area contributed by atoms with Crippen molar-refractivity contribution in [2.24, 2.45) is 11.8 Å². The standard InChI is InChI=1S/C14H25NO4/c1-5-11(12(16)17)10-7-6-8-15(9-10)13(18)19-14(2,3)4/h10-11H,5-9H2,1-4H3,(H,16,17)/t10?,11-/m0/s1. The third-order valence-corrected chi connectivity index (χ3v) is 3.44. The van der Waals surface area contributed by atoms with Gasteiger partial charge in [-0.25, -0.2) is 4.79 Å². The maximum atomic E-state index is 12.0. The van der Waals surface area contributed by atoms with Gasteiger partial charge in [-0.3, -0.25) is 4.79 Å². The molecule has 1 amide bonds. The molecule has 0 spiro atoms. The molecule has 2 atom stereocenters. The average Bonchev–Trinajstić information content (AvgIpc) is 2.27. The lowest BCUT2D eigenvalue weighted by Gasteiger charge is -2.36. The second kappa shape index (κ2) is 6.26. The normalized spacial score (nSPS) is 21.9. The van der Waals surface area contributed by atoms with Crippen molar-refractivity contribution in [3.63, 3.8) is 0 Å². The molecule has 1 heterocycles. The molecule has 1 aliphatic heterocycles. The van der Waals surface area contributed by atoms with Gasteiger partial charge < -0.3 is 14.7 Å². The van der Waals surface area contributed by atoms with Crippen LogP contribution in [0.5, 0.6) is 0 Å². The Balaban J connectivity index is 2.64. The number of hydrogen-bond acceptors (Lipinski definition) is 3. The molecule has 110 valence electrons. The third kappa shape index (κ3) is 4.73. The lowest BCUT2D eigenvalue weighted by Crippen LogP contribution is -2.45. The summed E-state index contributed by atoms with van der Waals surface area (Å²) in [6.07, 6.45) is 1.97. The summed E-state index contributed by atoms with van der Waals surface area (Å²) >= 11 is 0. The van der Waals surface area contributed by atoms with Gasteiger partial charge in [0.05, 0.1) is 5.92 Å². The van der Waals surface area contributed by atoms with Crippen LogP contribution in [0.3, 0.4) is 0 Å². The molecular formula is C14H25NO4. The Hall–Kier alpha value is -1.26. The highest BCUT2D eigenvalue weighted by Crippen LogP contribution is 2.27. The topological polar surface area (TPSA) is 66.8 Å². The van der Waals surface area contributed by atoms with Crippen molar-refractivity contribution in [1.29, 1.82) is 0 Å².